The van der Waals surface area contributed by atoms with Gasteiger partial charge in [-0.15, -0.1) is 0 Å². The molecule has 0 fully saturated rings. The van der Waals surface area contributed by atoms with Crippen LogP contribution in [-0.4, -0.2) is 31.6 Å². The standard InChI is InChI=1S/C18H30N2O/c1-5-9-19-13-15-11-14-8-10-20(7-3)17(6-2)16(14)12-18(15)21-4/h11-12,17,19H,5-10,13H2,1-4H3. The Bertz CT molecular complexity index is 459. The first-order valence-electron chi connectivity index (χ1n) is 8.39. The summed E-state index contributed by atoms with van der Waals surface area (Å²) in [6.45, 7) is 11.0. The van der Waals surface area contributed by atoms with Gasteiger partial charge in [0.15, 0.2) is 0 Å². The monoisotopic (exact) mass is 290 g/mol. The molecule has 0 radical (unpaired) electrons. The maximum Gasteiger partial charge on any atom is 0.123 e. The molecule has 118 valence electrons. The van der Waals surface area contributed by atoms with Gasteiger partial charge in [-0.05, 0) is 49.5 Å². The van der Waals surface area contributed by atoms with Crippen LogP contribution in [0.5, 0.6) is 5.75 Å². The molecule has 0 spiro atoms. The second-order valence-corrected chi connectivity index (χ2v) is 5.84. The fraction of sp³-hybridized carbons (Fsp3) is 0.667. The van der Waals surface area contributed by atoms with Gasteiger partial charge in [-0.2, -0.15) is 0 Å². The van der Waals surface area contributed by atoms with Crippen molar-refractivity contribution in [3.63, 3.8) is 0 Å². The van der Waals surface area contributed by atoms with Crippen LogP contribution in [0.2, 0.25) is 0 Å². The lowest BCUT2D eigenvalue weighted by atomic mass is 9.89. The number of fused-ring (bicyclic) bond motifs is 1. The molecule has 1 aliphatic rings. The second kappa shape index (κ2) is 7.81. The van der Waals surface area contributed by atoms with Gasteiger partial charge in [0.2, 0.25) is 0 Å². The maximum absolute atomic E-state index is 5.65. The molecule has 1 aromatic carbocycles. The summed E-state index contributed by atoms with van der Waals surface area (Å²) in [5.41, 5.74) is 4.28. The number of rotatable bonds is 7. The van der Waals surface area contributed by atoms with E-state index in [9.17, 15) is 0 Å². The van der Waals surface area contributed by atoms with Crippen molar-refractivity contribution < 1.29 is 4.74 Å². The van der Waals surface area contributed by atoms with Gasteiger partial charge in [-0.3, -0.25) is 4.90 Å². The number of benzene rings is 1. The lowest BCUT2D eigenvalue weighted by Gasteiger charge is -2.36. The van der Waals surface area contributed by atoms with Gasteiger partial charge < -0.3 is 10.1 Å². The highest BCUT2D eigenvalue weighted by atomic mass is 16.5. The van der Waals surface area contributed by atoms with Crippen LogP contribution in [0.25, 0.3) is 0 Å². The van der Waals surface area contributed by atoms with E-state index in [4.69, 9.17) is 4.74 Å². The van der Waals surface area contributed by atoms with Gasteiger partial charge in [0.1, 0.15) is 5.75 Å². The smallest absolute Gasteiger partial charge is 0.123 e. The largest absolute Gasteiger partial charge is 0.496 e. The Morgan fingerprint density at radius 3 is 2.71 bits per heavy atom. The molecule has 0 aliphatic carbocycles. The minimum absolute atomic E-state index is 0.547. The minimum Gasteiger partial charge on any atom is -0.496 e. The number of nitrogens with one attached hydrogen (secondary N) is 1. The summed E-state index contributed by atoms with van der Waals surface area (Å²) in [6, 6.07) is 5.20. The molecule has 0 amide bonds. The Labute approximate surface area is 129 Å². The molecule has 1 heterocycles. The molecule has 0 saturated heterocycles. The van der Waals surface area contributed by atoms with Crippen molar-refractivity contribution in [2.24, 2.45) is 0 Å². The topological polar surface area (TPSA) is 24.5 Å². The molecular formula is C18H30N2O. The second-order valence-electron chi connectivity index (χ2n) is 5.84. The highest BCUT2D eigenvalue weighted by Crippen LogP contribution is 2.36. The number of ether oxygens (including phenoxy) is 1. The predicted molar refractivity (Wildman–Crippen MR) is 89.0 cm³/mol. The van der Waals surface area contributed by atoms with E-state index in [2.05, 4.69) is 43.1 Å². The first-order chi connectivity index (χ1) is 10.2. The zero-order valence-electron chi connectivity index (χ0n) is 14.0. The Morgan fingerprint density at radius 1 is 1.29 bits per heavy atom. The molecular weight excluding hydrogens is 260 g/mol. The summed E-state index contributed by atoms with van der Waals surface area (Å²) in [5, 5.41) is 3.49. The molecule has 1 unspecified atom stereocenters. The van der Waals surface area contributed by atoms with Crippen LogP contribution in [0, 0.1) is 0 Å². The summed E-state index contributed by atoms with van der Waals surface area (Å²) in [5.74, 6) is 1.04. The molecule has 0 aromatic heterocycles. The van der Waals surface area contributed by atoms with Gasteiger partial charge >= 0.3 is 0 Å². The zero-order chi connectivity index (χ0) is 15.2. The van der Waals surface area contributed by atoms with Crippen LogP contribution in [0.15, 0.2) is 12.1 Å². The maximum atomic E-state index is 5.65. The molecule has 1 aromatic rings. The molecule has 1 N–H and O–H groups in total. The third-order valence-electron chi connectivity index (χ3n) is 4.55. The molecule has 1 aliphatic heterocycles. The highest BCUT2D eigenvalue weighted by Gasteiger charge is 2.26. The number of hydrogen-bond donors (Lipinski definition) is 1. The van der Waals surface area contributed by atoms with Crippen LogP contribution in [-0.2, 0) is 13.0 Å². The minimum atomic E-state index is 0.547. The lowest BCUT2D eigenvalue weighted by molar-refractivity contribution is 0.189. The summed E-state index contributed by atoms with van der Waals surface area (Å²) < 4.78 is 5.65. The summed E-state index contributed by atoms with van der Waals surface area (Å²) in [6.07, 6.45) is 3.48. The molecule has 3 heteroatoms. The van der Waals surface area contributed by atoms with Gasteiger partial charge in [-0.1, -0.05) is 26.8 Å². The average Bonchev–Trinajstić information content (AvgIpc) is 2.53. The normalized spacial score (nSPS) is 18.6. The first kappa shape index (κ1) is 16.3. The Morgan fingerprint density at radius 2 is 2.10 bits per heavy atom. The van der Waals surface area contributed by atoms with Crippen molar-refractivity contribution in [2.75, 3.05) is 26.7 Å². The molecule has 1 atom stereocenters. The van der Waals surface area contributed by atoms with Crippen LogP contribution in [0.4, 0.5) is 0 Å². The van der Waals surface area contributed by atoms with Crippen molar-refractivity contribution in [1.29, 1.82) is 0 Å². The van der Waals surface area contributed by atoms with Gasteiger partial charge in [-0.25, -0.2) is 0 Å². The van der Waals surface area contributed by atoms with Crippen molar-refractivity contribution in [1.82, 2.24) is 10.2 Å². The fourth-order valence-corrected chi connectivity index (χ4v) is 3.42. The number of methoxy groups -OCH3 is 1. The summed E-state index contributed by atoms with van der Waals surface area (Å²) in [7, 11) is 1.78. The van der Waals surface area contributed by atoms with Crippen molar-refractivity contribution in [3.05, 3.63) is 28.8 Å². The van der Waals surface area contributed by atoms with Crippen LogP contribution >= 0.6 is 0 Å². The van der Waals surface area contributed by atoms with Gasteiger partial charge in [0.25, 0.3) is 0 Å². The molecule has 3 nitrogen and oxygen atoms in total. The highest BCUT2D eigenvalue weighted by molar-refractivity contribution is 5.45. The molecule has 2 rings (SSSR count). The Hall–Kier alpha value is -1.06. The molecule has 21 heavy (non-hydrogen) atoms. The fourth-order valence-electron chi connectivity index (χ4n) is 3.42. The first-order valence-corrected chi connectivity index (χ1v) is 8.39. The third-order valence-corrected chi connectivity index (χ3v) is 4.55. The molecule has 0 bridgehead atoms. The van der Waals surface area contributed by atoms with Crippen LogP contribution in [0.1, 0.15) is 56.3 Å². The SMILES string of the molecule is CCCNCc1cc2c(cc1OC)C(CC)N(CC)CC2. The van der Waals surface area contributed by atoms with Gasteiger partial charge in [0.05, 0.1) is 7.11 Å². The average molecular weight is 290 g/mol. The van der Waals surface area contributed by atoms with E-state index < -0.39 is 0 Å². The summed E-state index contributed by atoms with van der Waals surface area (Å²) >= 11 is 0. The number of hydrogen-bond acceptors (Lipinski definition) is 3. The van der Waals surface area contributed by atoms with E-state index in [1.807, 2.05) is 0 Å². The van der Waals surface area contributed by atoms with E-state index in [1.54, 1.807) is 7.11 Å². The Balaban J connectivity index is 2.29. The van der Waals surface area contributed by atoms with E-state index in [0.717, 1.165) is 44.6 Å². The quantitative estimate of drug-likeness (QED) is 0.778. The van der Waals surface area contributed by atoms with Crippen molar-refractivity contribution in [2.45, 2.75) is 52.6 Å². The number of likely N-dealkylation sites (N-methyl/N-ethyl adjacent to an activating group) is 1. The van der Waals surface area contributed by atoms with Crippen molar-refractivity contribution >= 4 is 0 Å². The van der Waals surface area contributed by atoms with E-state index >= 15 is 0 Å². The third kappa shape index (κ3) is 3.58. The van der Waals surface area contributed by atoms with E-state index in [1.165, 1.54) is 23.2 Å². The van der Waals surface area contributed by atoms with Crippen LogP contribution in [0.3, 0.4) is 0 Å². The van der Waals surface area contributed by atoms with E-state index in [0.29, 0.717) is 6.04 Å². The summed E-state index contributed by atoms with van der Waals surface area (Å²) in [4.78, 5) is 2.58. The predicted octanol–water partition coefficient (Wildman–Crippen LogP) is 3.52. The van der Waals surface area contributed by atoms with Crippen molar-refractivity contribution in [3.8, 4) is 5.75 Å². The Kier molecular flexibility index (Phi) is 6.07. The zero-order valence-corrected chi connectivity index (χ0v) is 14.0. The van der Waals surface area contributed by atoms with Crippen LogP contribution < -0.4 is 10.1 Å². The lowest BCUT2D eigenvalue weighted by Crippen LogP contribution is -2.35. The molecule has 0 saturated carbocycles. The van der Waals surface area contributed by atoms with Gasteiger partial charge in [0, 0.05) is 24.7 Å². The van der Waals surface area contributed by atoms with E-state index in [-0.39, 0.29) is 0 Å². The number of nitrogens with zero attached hydrogens (tertiary/aromatic N) is 1.